The maximum atomic E-state index is 12.5. The van der Waals surface area contributed by atoms with E-state index in [4.69, 9.17) is 11.6 Å². The van der Waals surface area contributed by atoms with Gasteiger partial charge in [0.15, 0.2) is 11.0 Å². The van der Waals surface area contributed by atoms with Crippen LogP contribution < -0.4 is 0 Å². The van der Waals surface area contributed by atoms with Crippen LogP contribution in [0.3, 0.4) is 0 Å². The van der Waals surface area contributed by atoms with Gasteiger partial charge in [0, 0.05) is 35.7 Å². The lowest BCUT2D eigenvalue weighted by Crippen LogP contribution is -2.36. The molecule has 1 aromatic carbocycles. The SMILES string of the molecule is CN(CC(F)(F)F)C(=O)CSc1nnc(-c2ccncc2)n1-c1ccc(Cl)cc1. The highest BCUT2D eigenvalue weighted by atomic mass is 35.5. The second-order valence-electron chi connectivity index (χ2n) is 6.01. The molecule has 6 nitrogen and oxygen atoms in total. The van der Waals surface area contributed by atoms with Gasteiger partial charge < -0.3 is 4.90 Å². The van der Waals surface area contributed by atoms with E-state index in [2.05, 4.69) is 15.2 Å². The zero-order valence-electron chi connectivity index (χ0n) is 15.1. The topological polar surface area (TPSA) is 63.9 Å². The molecule has 3 rings (SSSR count). The third kappa shape index (κ3) is 5.48. The number of carbonyl (C=O) groups is 1. The third-order valence-electron chi connectivity index (χ3n) is 3.82. The summed E-state index contributed by atoms with van der Waals surface area (Å²) in [5.41, 5.74) is 1.44. The van der Waals surface area contributed by atoms with Crippen molar-refractivity contribution in [3.8, 4) is 17.1 Å². The predicted molar refractivity (Wildman–Crippen MR) is 104 cm³/mol. The van der Waals surface area contributed by atoms with Crippen LogP contribution in [0, 0.1) is 0 Å². The standard InChI is InChI=1S/C18H15ClF3N5OS/c1-26(11-18(20,21)22)15(28)10-29-17-25-24-16(12-6-8-23-9-7-12)27(17)14-4-2-13(19)3-5-14/h2-9H,10-11H2,1H3. The highest BCUT2D eigenvalue weighted by Crippen LogP contribution is 2.28. The number of nitrogens with zero attached hydrogens (tertiary/aromatic N) is 5. The highest BCUT2D eigenvalue weighted by molar-refractivity contribution is 7.99. The Kier molecular flexibility index (Phi) is 6.43. The van der Waals surface area contributed by atoms with Crippen molar-refractivity contribution in [2.45, 2.75) is 11.3 Å². The summed E-state index contributed by atoms with van der Waals surface area (Å²) >= 11 is 6.97. The molecule has 0 bridgehead atoms. The summed E-state index contributed by atoms with van der Waals surface area (Å²) in [4.78, 5) is 16.7. The van der Waals surface area contributed by atoms with Crippen molar-refractivity contribution in [3.05, 3.63) is 53.8 Å². The lowest BCUT2D eigenvalue weighted by atomic mass is 10.2. The van der Waals surface area contributed by atoms with Crippen LogP contribution in [0.2, 0.25) is 5.02 Å². The highest BCUT2D eigenvalue weighted by Gasteiger charge is 2.31. The van der Waals surface area contributed by atoms with Crippen molar-refractivity contribution >= 4 is 29.3 Å². The maximum absolute atomic E-state index is 12.5. The van der Waals surface area contributed by atoms with Gasteiger partial charge in [0.25, 0.3) is 0 Å². The minimum Gasteiger partial charge on any atom is -0.336 e. The van der Waals surface area contributed by atoms with E-state index in [0.717, 1.165) is 24.4 Å². The molecule has 1 amide bonds. The van der Waals surface area contributed by atoms with E-state index in [-0.39, 0.29) is 5.75 Å². The van der Waals surface area contributed by atoms with Gasteiger partial charge in [0.05, 0.1) is 5.75 Å². The Bertz CT molecular complexity index is 979. The molecule has 2 aromatic heterocycles. The van der Waals surface area contributed by atoms with E-state index in [1.54, 1.807) is 53.4 Å². The van der Waals surface area contributed by atoms with Crippen molar-refractivity contribution < 1.29 is 18.0 Å². The van der Waals surface area contributed by atoms with Gasteiger partial charge in [0.2, 0.25) is 5.91 Å². The molecular formula is C18H15ClF3N5OS. The van der Waals surface area contributed by atoms with Gasteiger partial charge in [-0.2, -0.15) is 13.2 Å². The van der Waals surface area contributed by atoms with Crippen LogP contribution in [0.5, 0.6) is 0 Å². The van der Waals surface area contributed by atoms with Gasteiger partial charge in [-0.05, 0) is 36.4 Å². The Balaban J connectivity index is 1.88. The summed E-state index contributed by atoms with van der Waals surface area (Å²) < 4.78 is 39.2. The van der Waals surface area contributed by atoms with E-state index in [1.165, 1.54) is 0 Å². The number of halogens is 4. The van der Waals surface area contributed by atoms with Gasteiger partial charge in [-0.15, -0.1) is 10.2 Å². The number of aromatic nitrogens is 4. The smallest absolute Gasteiger partial charge is 0.336 e. The molecule has 152 valence electrons. The molecule has 3 aromatic rings. The molecule has 11 heteroatoms. The molecule has 0 atom stereocenters. The predicted octanol–water partition coefficient (Wildman–Crippen LogP) is 4.10. The van der Waals surface area contributed by atoms with Gasteiger partial charge >= 0.3 is 6.18 Å². The zero-order chi connectivity index (χ0) is 21.0. The molecule has 0 aliphatic carbocycles. The van der Waals surface area contributed by atoms with Crippen molar-refractivity contribution in [2.75, 3.05) is 19.3 Å². The van der Waals surface area contributed by atoms with E-state index in [9.17, 15) is 18.0 Å². The van der Waals surface area contributed by atoms with E-state index in [1.807, 2.05) is 0 Å². The molecule has 0 saturated carbocycles. The average molecular weight is 442 g/mol. The molecule has 0 spiro atoms. The van der Waals surface area contributed by atoms with Crippen LogP contribution in [0.1, 0.15) is 0 Å². The summed E-state index contributed by atoms with van der Waals surface area (Å²) in [6, 6.07) is 10.4. The van der Waals surface area contributed by atoms with E-state index < -0.39 is 18.6 Å². The van der Waals surface area contributed by atoms with Crippen LogP contribution in [0.4, 0.5) is 13.2 Å². The first-order valence-electron chi connectivity index (χ1n) is 8.30. The number of hydrogen-bond acceptors (Lipinski definition) is 5. The molecule has 0 aliphatic heterocycles. The van der Waals surface area contributed by atoms with Gasteiger partial charge in [-0.3, -0.25) is 14.3 Å². The summed E-state index contributed by atoms with van der Waals surface area (Å²) in [7, 11) is 1.11. The number of amides is 1. The molecule has 0 N–H and O–H groups in total. The summed E-state index contributed by atoms with van der Waals surface area (Å²) in [6.45, 7) is -1.31. The number of hydrogen-bond donors (Lipinski definition) is 0. The Hall–Kier alpha value is -2.59. The fourth-order valence-electron chi connectivity index (χ4n) is 2.47. The second kappa shape index (κ2) is 8.83. The van der Waals surface area contributed by atoms with Crippen molar-refractivity contribution in [3.63, 3.8) is 0 Å². The van der Waals surface area contributed by atoms with E-state index in [0.29, 0.717) is 26.6 Å². The zero-order valence-corrected chi connectivity index (χ0v) is 16.7. The Morgan fingerprint density at radius 1 is 1.14 bits per heavy atom. The summed E-state index contributed by atoms with van der Waals surface area (Å²) in [6.07, 6.45) is -1.23. The molecule has 0 saturated heterocycles. The molecule has 2 heterocycles. The summed E-state index contributed by atoms with van der Waals surface area (Å²) in [5, 5.41) is 9.24. The lowest BCUT2D eigenvalue weighted by Gasteiger charge is -2.18. The van der Waals surface area contributed by atoms with Gasteiger partial charge in [-0.25, -0.2) is 0 Å². The van der Waals surface area contributed by atoms with Gasteiger partial charge in [-0.1, -0.05) is 23.4 Å². The largest absolute Gasteiger partial charge is 0.406 e. The number of carbonyl (C=O) groups excluding carboxylic acids is 1. The maximum Gasteiger partial charge on any atom is 0.406 e. The molecular weight excluding hydrogens is 427 g/mol. The normalized spacial score (nSPS) is 11.5. The van der Waals surface area contributed by atoms with Crippen LogP contribution in [-0.4, -0.2) is 56.1 Å². The third-order valence-corrected chi connectivity index (χ3v) is 4.99. The first kappa shape index (κ1) is 21.1. The minimum absolute atomic E-state index is 0.214. The van der Waals surface area contributed by atoms with Crippen LogP contribution >= 0.6 is 23.4 Å². The molecule has 0 aliphatic rings. The average Bonchev–Trinajstić information content (AvgIpc) is 3.10. The van der Waals surface area contributed by atoms with Gasteiger partial charge in [0.1, 0.15) is 6.54 Å². The fourth-order valence-corrected chi connectivity index (χ4v) is 3.49. The van der Waals surface area contributed by atoms with Crippen molar-refractivity contribution in [2.24, 2.45) is 0 Å². The molecule has 0 unspecified atom stereocenters. The monoisotopic (exact) mass is 441 g/mol. The number of rotatable bonds is 6. The van der Waals surface area contributed by atoms with Crippen molar-refractivity contribution in [1.29, 1.82) is 0 Å². The second-order valence-corrected chi connectivity index (χ2v) is 7.39. The minimum atomic E-state index is -4.45. The number of benzene rings is 1. The molecule has 0 radical (unpaired) electrons. The van der Waals surface area contributed by atoms with Crippen molar-refractivity contribution in [1.82, 2.24) is 24.6 Å². The fraction of sp³-hybridized carbons (Fsp3) is 0.222. The number of alkyl halides is 3. The Labute approximate surface area is 173 Å². The molecule has 29 heavy (non-hydrogen) atoms. The number of pyridine rings is 1. The van der Waals surface area contributed by atoms with Crippen LogP contribution in [0.25, 0.3) is 17.1 Å². The molecule has 0 fully saturated rings. The van der Waals surface area contributed by atoms with Crippen LogP contribution in [-0.2, 0) is 4.79 Å². The first-order valence-corrected chi connectivity index (χ1v) is 9.66. The first-order chi connectivity index (χ1) is 13.7. The number of thioether (sulfide) groups is 1. The Morgan fingerprint density at radius 3 is 2.41 bits per heavy atom. The van der Waals surface area contributed by atoms with Crippen LogP contribution in [0.15, 0.2) is 53.9 Å². The lowest BCUT2D eigenvalue weighted by molar-refractivity contribution is -0.156. The quantitative estimate of drug-likeness (QED) is 0.539. The Morgan fingerprint density at radius 2 is 1.79 bits per heavy atom. The summed E-state index contributed by atoms with van der Waals surface area (Å²) in [5.74, 6) is -0.369. The van der Waals surface area contributed by atoms with E-state index >= 15 is 0 Å².